The number of aliphatic hydroxyl groups is 1. The van der Waals surface area contributed by atoms with Crippen LogP contribution in [0.2, 0.25) is 0 Å². The van der Waals surface area contributed by atoms with Crippen LogP contribution in [-0.4, -0.2) is 35.1 Å². The van der Waals surface area contributed by atoms with Gasteiger partial charge < -0.3 is 20.1 Å². The van der Waals surface area contributed by atoms with Crippen LogP contribution in [0.4, 0.5) is 17.6 Å². The van der Waals surface area contributed by atoms with Gasteiger partial charge in [-0.1, -0.05) is 18.2 Å². The lowest BCUT2D eigenvalue weighted by molar-refractivity contribution is -0.253. The largest absolute Gasteiger partial charge is 0.461 e. The Morgan fingerprint density at radius 3 is 2.54 bits per heavy atom. The van der Waals surface area contributed by atoms with Crippen molar-refractivity contribution in [2.45, 2.75) is 18.6 Å². The van der Waals surface area contributed by atoms with Gasteiger partial charge in [0.2, 0.25) is 5.56 Å². The summed E-state index contributed by atoms with van der Waals surface area (Å²) < 4.78 is 54.6. The van der Waals surface area contributed by atoms with Gasteiger partial charge in [0.05, 0.1) is 5.56 Å². The second-order valence-electron chi connectivity index (χ2n) is 5.16. The Morgan fingerprint density at radius 2 is 1.88 bits per heavy atom. The number of benzene rings is 1. The molecule has 3 N–H and O–H groups in total. The number of ether oxygens (including phenoxy) is 1. The van der Waals surface area contributed by atoms with E-state index in [1.165, 1.54) is 30.3 Å². The fraction of sp³-hybridized carbons (Fsp3) is 0.250. The second kappa shape index (κ2) is 8.00. The van der Waals surface area contributed by atoms with E-state index < -0.39 is 41.4 Å². The Hall–Kier alpha value is -2.88. The normalized spacial score (nSPS) is 12.7. The van der Waals surface area contributed by atoms with Gasteiger partial charge in [-0.2, -0.15) is 17.6 Å². The highest BCUT2D eigenvalue weighted by Gasteiger charge is 2.44. The number of carbonyl (C=O) groups is 1. The number of halogens is 4. The van der Waals surface area contributed by atoms with Crippen LogP contribution in [0.1, 0.15) is 22.2 Å². The first-order valence-corrected chi connectivity index (χ1v) is 7.30. The SMILES string of the molecule is O=C(NCC(O)c1cccc(=O)[nH]1)c1ccccc1OC(F)(F)C(F)F. The minimum Gasteiger partial charge on any atom is -0.427 e. The molecule has 1 heterocycles. The molecule has 0 aliphatic carbocycles. The Bertz CT molecular complexity index is 826. The highest BCUT2D eigenvalue weighted by Crippen LogP contribution is 2.29. The number of para-hydroxylation sites is 1. The van der Waals surface area contributed by atoms with Crippen molar-refractivity contribution in [1.29, 1.82) is 0 Å². The van der Waals surface area contributed by atoms with E-state index in [9.17, 15) is 32.3 Å². The molecule has 26 heavy (non-hydrogen) atoms. The van der Waals surface area contributed by atoms with E-state index in [1.54, 1.807) is 0 Å². The van der Waals surface area contributed by atoms with Crippen LogP contribution in [-0.2, 0) is 0 Å². The third kappa shape index (κ3) is 4.82. The molecule has 140 valence electrons. The molecule has 0 aliphatic rings. The molecule has 0 saturated heterocycles. The summed E-state index contributed by atoms with van der Waals surface area (Å²) in [4.78, 5) is 25.7. The molecule has 1 amide bonds. The van der Waals surface area contributed by atoms with Crippen LogP contribution in [0.25, 0.3) is 0 Å². The highest BCUT2D eigenvalue weighted by atomic mass is 19.3. The van der Waals surface area contributed by atoms with Gasteiger partial charge in [0, 0.05) is 18.3 Å². The molecular weight excluding hydrogens is 360 g/mol. The summed E-state index contributed by atoms with van der Waals surface area (Å²) in [6.45, 7) is -0.363. The predicted molar refractivity (Wildman–Crippen MR) is 82.4 cm³/mol. The maximum Gasteiger partial charge on any atom is 0.461 e. The number of aromatic nitrogens is 1. The monoisotopic (exact) mass is 374 g/mol. The smallest absolute Gasteiger partial charge is 0.427 e. The molecule has 0 aliphatic heterocycles. The number of aliphatic hydroxyl groups excluding tert-OH is 1. The van der Waals surface area contributed by atoms with Gasteiger partial charge in [0.25, 0.3) is 5.91 Å². The summed E-state index contributed by atoms with van der Waals surface area (Å²) >= 11 is 0. The van der Waals surface area contributed by atoms with Crippen molar-refractivity contribution in [3.63, 3.8) is 0 Å². The van der Waals surface area contributed by atoms with Gasteiger partial charge in [0.15, 0.2) is 0 Å². The molecule has 2 rings (SSSR count). The van der Waals surface area contributed by atoms with E-state index in [0.29, 0.717) is 0 Å². The van der Waals surface area contributed by atoms with E-state index in [4.69, 9.17) is 0 Å². The molecular formula is C16H14F4N2O4. The summed E-state index contributed by atoms with van der Waals surface area (Å²) in [6.07, 6.45) is -10.1. The fourth-order valence-corrected chi connectivity index (χ4v) is 1.99. The fourth-order valence-electron chi connectivity index (χ4n) is 1.99. The summed E-state index contributed by atoms with van der Waals surface area (Å²) in [5.74, 6) is -1.67. The number of carbonyl (C=O) groups excluding carboxylic acids is 1. The third-order valence-corrected chi connectivity index (χ3v) is 3.24. The van der Waals surface area contributed by atoms with Gasteiger partial charge in [-0.3, -0.25) is 9.59 Å². The average Bonchev–Trinajstić information content (AvgIpc) is 2.59. The van der Waals surface area contributed by atoms with Crippen LogP contribution < -0.4 is 15.6 Å². The molecule has 1 unspecified atom stereocenters. The number of hydrogen-bond donors (Lipinski definition) is 3. The van der Waals surface area contributed by atoms with E-state index >= 15 is 0 Å². The van der Waals surface area contributed by atoms with Crippen molar-refractivity contribution in [2.75, 3.05) is 6.54 Å². The van der Waals surface area contributed by atoms with Crippen molar-refractivity contribution < 1.29 is 32.2 Å². The molecule has 2 aromatic rings. The van der Waals surface area contributed by atoms with Crippen molar-refractivity contribution in [2.24, 2.45) is 0 Å². The number of hydrogen-bond acceptors (Lipinski definition) is 4. The molecule has 0 bridgehead atoms. The van der Waals surface area contributed by atoms with Crippen LogP contribution >= 0.6 is 0 Å². The minimum atomic E-state index is -4.76. The summed E-state index contributed by atoms with van der Waals surface area (Å²) in [5.41, 5.74) is -0.742. The Labute approximate surface area is 144 Å². The van der Waals surface area contributed by atoms with Gasteiger partial charge in [-0.15, -0.1) is 0 Å². The van der Waals surface area contributed by atoms with Crippen molar-refractivity contribution >= 4 is 5.91 Å². The number of pyridine rings is 1. The molecule has 0 spiro atoms. The first-order chi connectivity index (χ1) is 12.2. The lowest BCUT2D eigenvalue weighted by Gasteiger charge is -2.19. The third-order valence-electron chi connectivity index (χ3n) is 3.24. The van der Waals surface area contributed by atoms with Gasteiger partial charge in [-0.25, -0.2) is 0 Å². The number of aromatic amines is 1. The summed E-state index contributed by atoms with van der Waals surface area (Å²) in [7, 11) is 0. The highest BCUT2D eigenvalue weighted by molar-refractivity contribution is 5.96. The van der Waals surface area contributed by atoms with Crippen LogP contribution in [0.5, 0.6) is 5.75 Å². The van der Waals surface area contributed by atoms with Gasteiger partial charge in [0.1, 0.15) is 11.9 Å². The summed E-state index contributed by atoms with van der Waals surface area (Å²) in [6, 6.07) is 8.64. The summed E-state index contributed by atoms with van der Waals surface area (Å²) in [5, 5.41) is 12.2. The Morgan fingerprint density at radius 1 is 1.19 bits per heavy atom. The number of rotatable bonds is 7. The van der Waals surface area contributed by atoms with Crippen molar-refractivity contribution in [3.8, 4) is 5.75 Å². The maximum atomic E-state index is 13.1. The van der Waals surface area contributed by atoms with Crippen LogP contribution in [0.15, 0.2) is 47.3 Å². The zero-order valence-corrected chi connectivity index (χ0v) is 13.1. The molecule has 0 fully saturated rings. The van der Waals surface area contributed by atoms with E-state index in [0.717, 1.165) is 12.1 Å². The first kappa shape index (κ1) is 19.4. The Kier molecular flexibility index (Phi) is 5.98. The van der Waals surface area contributed by atoms with Crippen molar-refractivity contribution in [3.05, 3.63) is 64.1 Å². The quantitative estimate of drug-likeness (QED) is 0.647. The van der Waals surface area contributed by atoms with Gasteiger partial charge >= 0.3 is 12.5 Å². The molecule has 0 radical (unpaired) electrons. The zero-order chi connectivity index (χ0) is 19.3. The number of amides is 1. The molecule has 1 atom stereocenters. The standard InChI is InChI=1S/C16H14F4N2O4/c17-15(18)16(19,20)26-12-6-2-1-4-9(12)14(25)21-8-11(23)10-5-3-7-13(24)22-10/h1-7,11,15,23H,8H2,(H,21,25)(H,22,24). The minimum absolute atomic E-state index is 0.131. The first-order valence-electron chi connectivity index (χ1n) is 7.30. The Balaban J connectivity index is 2.09. The van der Waals surface area contributed by atoms with Crippen LogP contribution in [0, 0.1) is 0 Å². The van der Waals surface area contributed by atoms with E-state index in [-0.39, 0.29) is 12.2 Å². The van der Waals surface area contributed by atoms with Crippen LogP contribution in [0.3, 0.4) is 0 Å². The van der Waals surface area contributed by atoms with Gasteiger partial charge in [-0.05, 0) is 18.2 Å². The van der Waals surface area contributed by atoms with Crippen molar-refractivity contribution in [1.82, 2.24) is 10.3 Å². The second-order valence-corrected chi connectivity index (χ2v) is 5.16. The molecule has 1 aromatic carbocycles. The van der Waals surface area contributed by atoms with E-state index in [1.807, 2.05) is 0 Å². The molecule has 1 aromatic heterocycles. The average molecular weight is 374 g/mol. The van der Waals surface area contributed by atoms with E-state index in [2.05, 4.69) is 15.0 Å². The number of nitrogens with one attached hydrogen (secondary N) is 2. The molecule has 0 saturated carbocycles. The molecule has 6 nitrogen and oxygen atoms in total. The lowest BCUT2D eigenvalue weighted by Crippen LogP contribution is -2.35. The number of H-pyrrole nitrogens is 1. The number of alkyl halides is 4. The maximum absolute atomic E-state index is 13.1. The predicted octanol–water partition coefficient (Wildman–Crippen LogP) is 2.07. The topological polar surface area (TPSA) is 91.4 Å². The lowest BCUT2D eigenvalue weighted by atomic mass is 10.1. The zero-order valence-electron chi connectivity index (χ0n) is 13.1. The molecule has 10 heteroatoms.